The van der Waals surface area contributed by atoms with Crippen molar-refractivity contribution < 1.29 is 9.47 Å². The van der Waals surface area contributed by atoms with Gasteiger partial charge in [0.15, 0.2) is 0 Å². The Kier molecular flexibility index (Phi) is 2.20. The topological polar surface area (TPSA) is 18.5 Å². The van der Waals surface area contributed by atoms with Crippen molar-refractivity contribution in [2.75, 3.05) is 14.2 Å². The molecular formula is C12H22O2. The monoisotopic (exact) mass is 198 g/mol. The normalized spacial score (nSPS) is 49.9. The summed E-state index contributed by atoms with van der Waals surface area (Å²) < 4.78 is 11.3. The standard InChI is InChI=1S/C12H22O2/c1-11(2)8-6-9(11)12(3,14-5)10(7-8)13-4/h8-10H,6-7H2,1-5H3/t8-,9-,10+,12-/m1/s1. The van der Waals surface area contributed by atoms with Gasteiger partial charge in [0, 0.05) is 14.2 Å². The van der Waals surface area contributed by atoms with Gasteiger partial charge < -0.3 is 9.47 Å². The summed E-state index contributed by atoms with van der Waals surface area (Å²) >= 11 is 0. The zero-order chi connectivity index (χ0) is 10.6. The SMILES string of the molecule is CO[C@H]1C[C@H]2C[C@H](C2(C)C)[C@@]1(C)OC. The molecule has 3 aliphatic rings. The molecule has 0 saturated heterocycles. The van der Waals surface area contributed by atoms with Crippen molar-refractivity contribution in [1.29, 1.82) is 0 Å². The lowest BCUT2D eigenvalue weighted by molar-refractivity contribution is -0.262. The van der Waals surface area contributed by atoms with E-state index in [1.54, 1.807) is 7.11 Å². The van der Waals surface area contributed by atoms with Gasteiger partial charge in [-0.25, -0.2) is 0 Å². The summed E-state index contributed by atoms with van der Waals surface area (Å²) in [5, 5.41) is 0. The van der Waals surface area contributed by atoms with Gasteiger partial charge in [0.25, 0.3) is 0 Å². The van der Waals surface area contributed by atoms with Crippen molar-refractivity contribution in [2.24, 2.45) is 17.3 Å². The van der Waals surface area contributed by atoms with E-state index in [1.807, 2.05) is 7.11 Å². The van der Waals surface area contributed by atoms with Crippen LogP contribution in [0.1, 0.15) is 33.6 Å². The van der Waals surface area contributed by atoms with Crippen LogP contribution in [0.25, 0.3) is 0 Å². The zero-order valence-electron chi connectivity index (χ0n) is 9.96. The molecule has 0 unspecified atom stereocenters. The molecule has 0 amide bonds. The molecule has 3 rings (SSSR count). The summed E-state index contributed by atoms with van der Waals surface area (Å²) in [4.78, 5) is 0. The maximum absolute atomic E-state index is 5.74. The second kappa shape index (κ2) is 2.96. The van der Waals surface area contributed by atoms with Crippen LogP contribution in [0, 0.1) is 17.3 Å². The van der Waals surface area contributed by atoms with Gasteiger partial charge >= 0.3 is 0 Å². The first-order valence-corrected chi connectivity index (χ1v) is 5.54. The lowest BCUT2D eigenvalue weighted by Crippen LogP contribution is -2.67. The summed E-state index contributed by atoms with van der Waals surface area (Å²) in [7, 11) is 3.63. The maximum Gasteiger partial charge on any atom is 0.0944 e. The first-order chi connectivity index (χ1) is 6.46. The number of rotatable bonds is 2. The molecule has 4 atom stereocenters. The maximum atomic E-state index is 5.74. The number of hydrogen-bond donors (Lipinski definition) is 0. The van der Waals surface area contributed by atoms with Gasteiger partial charge in [-0.1, -0.05) is 13.8 Å². The summed E-state index contributed by atoms with van der Waals surface area (Å²) in [6.07, 6.45) is 2.76. The molecule has 0 aromatic carbocycles. The Morgan fingerprint density at radius 3 is 2.14 bits per heavy atom. The second-order valence-corrected chi connectivity index (χ2v) is 5.65. The summed E-state index contributed by atoms with van der Waals surface area (Å²) in [5.74, 6) is 1.49. The fourth-order valence-electron chi connectivity index (χ4n) is 3.71. The van der Waals surface area contributed by atoms with E-state index in [0.717, 1.165) is 12.3 Å². The van der Waals surface area contributed by atoms with Gasteiger partial charge in [-0.05, 0) is 37.0 Å². The average Bonchev–Trinajstić information content (AvgIpc) is 2.17. The van der Waals surface area contributed by atoms with Crippen molar-refractivity contribution >= 4 is 0 Å². The molecule has 3 saturated carbocycles. The van der Waals surface area contributed by atoms with Crippen LogP contribution in [-0.2, 0) is 9.47 Å². The van der Waals surface area contributed by atoms with Gasteiger partial charge in [-0.3, -0.25) is 0 Å². The minimum atomic E-state index is -0.0764. The molecule has 82 valence electrons. The molecule has 2 heteroatoms. The zero-order valence-corrected chi connectivity index (χ0v) is 9.96. The van der Waals surface area contributed by atoms with Gasteiger partial charge in [0.1, 0.15) is 0 Å². The Labute approximate surface area is 87.0 Å². The molecule has 0 spiro atoms. The molecule has 0 aromatic rings. The van der Waals surface area contributed by atoms with E-state index in [0.29, 0.717) is 11.3 Å². The van der Waals surface area contributed by atoms with E-state index in [4.69, 9.17) is 9.47 Å². The summed E-state index contributed by atoms with van der Waals surface area (Å²) in [6.45, 7) is 6.95. The minimum absolute atomic E-state index is 0.0764. The smallest absolute Gasteiger partial charge is 0.0944 e. The van der Waals surface area contributed by atoms with E-state index < -0.39 is 0 Å². The highest BCUT2D eigenvalue weighted by Gasteiger charge is 2.63. The highest BCUT2D eigenvalue weighted by atomic mass is 16.5. The first kappa shape index (κ1) is 10.4. The number of hydrogen-bond acceptors (Lipinski definition) is 2. The Balaban J connectivity index is 2.26. The van der Waals surface area contributed by atoms with E-state index in [9.17, 15) is 0 Å². The average molecular weight is 198 g/mol. The van der Waals surface area contributed by atoms with Crippen molar-refractivity contribution in [3.8, 4) is 0 Å². The fraction of sp³-hybridized carbons (Fsp3) is 1.00. The van der Waals surface area contributed by atoms with Crippen LogP contribution in [0.3, 0.4) is 0 Å². The third-order valence-electron chi connectivity index (χ3n) is 5.02. The molecule has 0 radical (unpaired) electrons. The predicted molar refractivity (Wildman–Crippen MR) is 56.2 cm³/mol. The first-order valence-electron chi connectivity index (χ1n) is 5.54. The van der Waals surface area contributed by atoms with Crippen molar-refractivity contribution in [3.63, 3.8) is 0 Å². The van der Waals surface area contributed by atoms with Gasteiger partial charge in [-0.2, -0.15) is 0 Å². The van der Waals surface area contributed by atoms with Gasteiger partial charge in [0.05, 0.1) is 11.7 Å². The fourth-order valence-corrected chi connectivity index (χ4v) is 3.71. The molecular weight excluding hydrogens is 176 g/mol. The second-order valence-electron chi connectivity index (χ2n) is 5.65. The highest BCUT2D eigenvalue weighted by molar-refractivity contribution is 5.13. The minimum Gasteiger partial charge on any atom is -0.378 e. The number of ether oxygens (including phenoxy) is 2. The van der Waals surface area contributed by atoms with Crippen LogP contribution in [0.2, 0.25) is 0 Å². The van der Waals surface area contributed by atoms with Crippen LogP contribution in [0.15, 0.2) is 0 Å². The summed E-state index contributed by atoms with van der Waals surface area (Å²) in [5.41, 5.74) is 0.368. The molecule has 3 fully saturated rings. The van der Waals surface area contributed by atoms with Crippen molar-refractivity contribution in [1.82, 2.24) is 0 Å². The summed E-state index contributed by atoms with van der Waals surface area (Å²) in [6, 6.07) is 0. The quantitative estimate of drug-likeness (QED) is 0.678. The Morgan fingerprint density at radius 1 is 1.07 bits per heavy atom. The Hall–Kier alpha value is -0.0800. The van der Waals surface area contributed by atoms with Crippen LogP contribution in [0.4, 0.5) is 0 Å². The molecule has 14 heavy (non-hydrogen) atoms. The highest BCUT2D eigenvalue weighted by Crippen LogP contribution is 2.63. The third kappa shape index (κ3) is 1.04. The molecule has 0 aromatic heterocycles. The largest absolute Gasteiger partial charge is 0.378 e. The number of fused-ring (bicyclic) bond motifs is 2. The van der Waals surface area contributed by atoms with E-state index in [2.05, 4.69) is 20.8 Å². The van der Waals surface area contributed by atoms with Crippen LogP contribution < -0.4 is 0 Å². The van der Waals surface area contributed by atoms with E-state index in [1.165, 1.54) is 6.42 Å². The van der Waals surface area contributed by atoms with Crippen LogP contribution >= 0.6 is 0 Å². The molecule has 2 nitrogen and oxygen atoms in total. The Bertz CT molecular complexity index is 236. The lowest BCUT2D eigenvalue weighted by Gasteiger charge is -2.65. The molecule has 0 N–H and O–H groups in total. The van der Waals surface area contributed by atoms with Crippen LogP contribution in [-0.4, -0.2) is 25.9 Å². The lowest BCUT2D eigenvalue weighted by atomic mass is 9.43. The molecule has 3 aliphatic carbocycles. The number of methoxy groups -OCH3 is 2. The van der Waals surface area contributed by atoms with Gasteiger partial charge in [0.2, 0.25) is 0 Å². The molecule has 0 aliphatic heterocycles. The van der Waals surface area contributed by atoms with Crippen molar-refractivity contribution in [2.45, 2.75) is 45.3 Å². The Morgan fingerprint density at radius 2 is 1.71 bits per heavy atom. The third-order valence-corrected chi connectivity index (χ3v) is 5.02. The van der Waals surface area contributed by atoms with Gasteiger partial charge in [-0.15, -0.1) is 0 Å². The van der Waals surface area contributed by atoms with E-state index >= 15 is 0 Å². The molecule has 0 heterocycles. The molecule has 2 bridgehead atoms. The van der Waals surface area contributed by atoms with Crippen molar-refractivity contribution in [3.05, 3.63) is 0 Å². The van der Waals surface area contributed by atoms with E-state index in [-0.39, 0.29) is 11.7 Å². The predicted octanol–water partition coefficient (Wildman–Crippen LogP) is 2.47. The van der Waals surface area contributed by atoms with Crippen LogP contribution in [0.5, 0.6) is 0 Å².